The maximum absolute atomic E-state index is 11.3. The Hall–Kier alpha value is -0.240. The van der Waals surface area contributed by atoms with Crippen LogP contribution < -0.4 is 0 Å². The third kappa shape index (κ3) is 5.41. The summed E-state index contributed by atoms with van der Waals surface area (Å²) in [6.07, 6.45) is 10.4. The molecule has 86 valence electrons. The van der Waals surface area contributed by atoms with E-state index in [1.54, 1.807) is 0 Å². The predicted octanol–water partition coefficient (Wildman–Crippen LogP) is 3.98. The standard InChI is InChI=1S/C13H22OS/c1-2-3-4-5-10-15-11-9-12-7-6-8-13(12)14/h9H,2-8,10-11H2,1H3/b12-9-. The quantitative estimate of drug-likeness (QED) is 0.482. The molecule has 0 saturated heterocycles. The average molecular weight is 226 g/mol. The molecule has 0 bridgehead atoms. The molecule has 0 atom stereocenters. The van der Waals surface area contributed by atoms with Gasteiger partial charge in [-0.2, -0.15) is 11.8 Å². The van der Waals surface area contributed by atoms with Crippen LogP contribution in [0.2, 0.25) is 0 Å². The van der Waals surface area contributed by atoms with Crippen molar-refractivity contribution in [2.45, 2.75) is 51.9 Å². The molecular formula is C13H22OS. The zero-order valence-electron chi connectivity index (χ0n) is 9.76. The van der Waals surface area contributed by atoms with Crippen LogP contribution in [0.3, 0.4) is 0 Å². The van der Waals surface area contributed by atoms with Crippen LogP contribution in [-0.4, -0.2) is 17.3 Å². The number of allylic oxidation sites excluding steroid dienone is 1. The molecule has 0 radical (unpaired) electrons. The summed E-state index contributed by atoms with van der Waals surface area (Å²) in [7, 11) is 0. The van der Waals surface area contributed by atoms with Crippen LogP contribution in [0.15, 0.2) is 11.6 Å². The Labute approximate surface area is 97.7 Å². The number of Topliss-reactive ketones (excluding diaryl/α,β-unsaturated/α-hetero) is 1. The van der Waals surface area contributed by atoms with Gasteiger partial charge in [0.1, 0.15) is 0 Å². The summed E-state index contributed by atoms with van der Waals surface area (Å²) in [6.45, 7) is 2.24. The zero-order chi connectivity index (χ0) is 10.9. The van der Waals surface area contributed by atoms with Gasteiger partial charge in [-0.1, -0.05) is 32.3 Å². The minimum Gasteiger partial charge on any atom is -0.295 e. The number of unbranched alkanes of at least 4 members (excludes halogenated alkanes) is 3. The number of ketones is 1. The van der Waals surface area contributed by atoms with Crippen molar-refractivity contribution in [2.24, 2.45) is 0 Å². The monoisotopic (exact) mass is 226 g/mol. The first-order chi connectivity index (χ1) is 7.34. The molecule has 0 aromatic carbocycles. The van der Waals surface area contributed by atoms with Crippen molar-refractivity contribution < 1.29 is 4.79 Å². The van der Waals surface area contributed by atoms with Gasteiger partial charge in [0.25, 0.3) is 0 Å². The van der Waals surface area contributed by atoms with Crippen molar-refractivity contribution >= 4 is 17.5 Å². The second kappa shape index (κ2) is 7.98. The molecule has 0 spiro atoms. The summed E-state index contributed by atoms with van der Waals surface area (Å²) < 4.78 is 0. The molecule has 0 amide bonds. The average Bonchev–Trinajstić information content (AvgIpc) is 2.63. The summed E-state index contributed by atoms with van der Waals surface area (Å²) in [6, 6.07) is 0. The number of carbonyl (C=O) groups excluding carboxylic acids is 1. The molecule has 1 aliphatic rings. The number of rotatable bonds is 7. The third-order valence-corrected chi connectivity index (χ3v) is 3.78. The first-order valence-electron chi connectivity index (χ1n) is 6.14. The van der Waals surface area contributed by atoms with Gasteiger partial charge in [0.2, 0.25) is 0 Å². The van der Waals surface area contributed by atoms with Crippen molar-refractivity contribution in [1.82, 2.24) is 0 Å². The van der Waals surface area contributed by atoms with E-state index in [-0.39, 0.29) is 0 Å². The maximum Gasteiger partial charge on any atom is 0.158 e. The van der Waals surface area contributed by atoms with Crippen LogP contribution in [0, 0.1) is 0 Å². The highest BCUT2D eigenvalue weighted by Gasteiger charge is 2.15. The van der Waals surface area contributed by atoms with E-state index in [1.807, 2.05) is 11.8 Å². The minimum atomic E-state index is 0.390. The van der Waals surface area contributed by atoms with Gasteiger partial charge < -0.3 is 0 Å². The molecule has 2 heteroatoms. The Morgan fingerprint density at radius 2 is 2.13 bits per heavy atom. The molecule has 0 aliphatic heterocycles. The minimum absolute atomic E-state index is 0.390. The highest BCUT2D eigenvalue weighted by molar-refractivity contribution is 7.99. The van der Waals surface area contributed by atoms with Crippen molar-refractivity contribution in [2.75, 3.05) is 11.5 Å². The second-order valence-corrected chi connectivity index (χ2v) is 5.29. The van der Waals surface area contributed by atoms with Crippen LogP contribution in [0.5, 0.6) is 0 Å². The van der Waals surface area contributed by atoms with E-state index < -0.39 is 0 Å². The number of thioether (sulfide) groups is 1. The molecule has 0 N–H and O–H groups in total. The van der Waals surface area contributed by atoms with Gasteiger partial charge in [-0.25, -0.2) is 0 Å². The molecule has 0 unspecified atom stereocenters. The Morgan fingerprint density at radius 3 is 2.80 bits per heavy atom. The normalized spacial score (nSPS) is 19.0. The molecule has 0 heterocycles. The Morgan fingerprint density at radius 1 is 1.27 bits per heavy atom. The molecule has 0 aromatic rings. The highest BCUT2D eigenvalue weighted by Crippen LogP contribution is 2.21. The maximum atomic E-state index is 11.3. The fraction of sp³-hybridized carbons (Fsp3) is 0.769. The van der Waals surface area contributed by atoms with E-state index >= 15 is 0 Å². The molecule has 1 rings (SSSR count). The lowest BCUT2D eigenvalue weighted by Crippen LogP contribution is -1.92. The third-order valence-electron chi connectivity index (χ3n) is 2.80. The van der Waals surface area contributed by atoms with Crippen LogP contribution in [0.4, 0.5) is 0 Å². The number of hydrogen-bond donors (Lipinski definition) is 0. The summed E-state index contributed by atoms with van der Waals surface area (Å²) in [4.78, 5) is 11.3. The Kier molecular flexibility index (Phi) is 6.82. The van der Waals surface area contributed by atoms with Crippen LogP contribution in [0.1, 0.15) is 51.9 Å². The van der Waals surface area contributed by atoms with E-state index in [0.29, 0.717) is 5.78 Å². The van der Waals surface area contributed by atoms with Crippen molar-refractivity contribution in [3.63, 3.8) is 0 Å². The van der Waals surface area contributed by atoms with Crippen LogP contribution in [0.25, 0.3) is 0 Å². The van der Waals surface area contributed by atoms with Crippen molar-refractivity contribution in [3.8, 4) is 0 Å². The fourth-order valence-electron chi connectivity index (χ4n) is 1.83. The number of carbonyl (C=O) groups is 1. The topological polar surface area (TPSA) is 17.1 Å². The zero-order valence-corrected chi connectivity index (χ0v) is 10.6. The Bertz CT molecular complexity index is 221. The van der Waals surface area contributed by atoms with Crippen molar-refractivity contribution in [3.05, 3.63) is 11.6 Å². The molecule has 1 nitrogen and oxygen atoms in total. The first-order valence-corrected chi connectivity index (χ1v) is 7.30. The van der Waals surface area contributed by atoms with E-state index in [0.717, 1.165) is 30.6 Å². The van der Waals surface area contributed by atoms with E-state index in [2.05, 4.69) is 13.0 Å². The molecule has 0 aromatic heterocycles. The summed E-state index contributed by atoms with van der Waals surface area (Å²) in [5, 5.41) is 0. The van der Waals surface area contributed by atoms with E-state index in [9.17, 15) is 4.79 Å². The highest BCUT2D eigenvalue weighted by atomic mass is 32.2. The van der Waals surface area contributed by atoms with E-state index in [4.69, 9.17) is 0 Å². The number of hydrogen-bond acceptors (Lipinski definition) is 2. The van der Waals surface area contributed by atoms with Crippen LogP contribution >= 0.6 is 11.8 Å². The van der Waals surface area contributed by atoms with Crippen LogP contribution in [-0.2, 0) is 4.79 Å². The lowest BCUT2D eigenvalue weighted by molar-refractivity contribution is -0.114. The molecular weight excluding hydrogens is 204 g/mol. The lowest BCUT2D eigenvalue weighted by Gasteiger charge is -1.99. The predicted molar refractivity (Wildman–Crippen MR) is 68.4 cm³/mol. The SMILES string of the molecule is CCCCCCSC/C=C1/CCCC1=O. The fourth-order valence-corrected chi connectivity index (χ4v) is 2.72. The van der Waals surface area contributed by atoms with Gasteiger partial charge in [-0.15, -0.1) is 0 Å². The second-order valence-electron chi connectivity index (χ2n) is 4.14. The largest absolute Gasteiger partial charge is 0.295 e. The summed E-state index contributed by atoms with van der Waals surface area (Å²) in [5.74, 6) is 2.67. The smallest absolute Gasteiger partial charge is 0.158 e. The van der Waals surface area contributed by atoms with Gasteiger partial charge >= 0.3 is 0 Å². The van der Waals surface area contributed by atoms with E-state index in [1.165, 1.54) is 31.4 Å². The van der Waals surface area contributed by atoms with Gasteiger partial charge in [0.15, 0.2) is 5.78 Å². The summed E-state index contributed by atoms with van der Waals surface area (Å²) >= 11 is 1.96. The van der Waals surface area contributed by atoms with Gasteiger partial charge in [0, 0.05) is 12.2 Å². The lowest BCUT2D eigenvalue weighted by atomic mass is 10.2. The molecule has 1 aliphatic carbocycles. The molecule has 15 heavy (non-hydrogen) atoms. The summed E-state index contributed by atoms with van der Waals surface area (Å²) in [5.41, 5.74) is 1.09. The first kappa shape index (κ1) is 12.8. The van der Waals surface area contributed by atoms with Gasteiger partial charge in [0.05, 0.1) is 0 Å². The van der Waals surface area contributed by atoms with Gasteiger partial charge in [-0.05, 0) is 30.6 Å². The molecule has 1 saturated carbocycles. The van der Waals surface area contributed by atoms with Gasteiger partial charge in [-0.3, -0.25) is 4.79 Å². The van der Waals surface area contributed by atoms with Crippen molar-refractivity contribution in [1.29, 1.82) is 0 Å². The molecule has 1 fully saturated rings. The Balaban J connectivity index is 1.98.